The maximum absolute atomic E-state index is 13.4. The summed E-state index contributed by atoms with van der Waals surface area (Å²) in [5.41, 5.74) is 3.38. The predicted molar refractivity (Wildman–Crippen MR) is 140 cm³/mol. The molecular weight excluding hydrogens is 444 g/mol. The summed E-state index contributed by atoms with van der Waals surface area (Å²) in [5.74, 6) is 1.81. The van der Waals surface area contributed by atoms with Crippen LogP contribution in [0.15, 0.2) is 48.5 Å². The molecule has 1 aliphatic carbocycles. The van der Waals surface area contributed by atoms with E-state index in [9.17, 15) is 9.59 Å². The Labute approximate surface area is 208 Å². The average Bonchev–Trinajstić information content (AvgIpc) is 2.85. The number of ether oxygens (including phenoxy) is 1. The van der Waals surface area contributed by atoms with Crippen LogP contribution in [0.5, 0.6) is 5.75 Å². The Hall–Kier alpha value is -2.47. The van der Waals surface area contributed by atoms with Gasteiger partial charge < -0.3 is 15.0 Å². The normalized spacial score (nSPS) is 14.9. The summed E-state index contributed by atoms with van der Waals surface area (Å²) in [4.78, 5) is 28.5. The van der Waals surface area contributed by atoms with Gasteiger partial charge in [0.15, 0.2) is 0 Å². The summed E-state index contributed by atoms with van der Waals surface area (Å²) in [6, 6.07) is 15.9. The largest absolute Gasteiger partial charge is 0.497 e. The molecule has 1 N–H and O–H groups in total. The van der Waals surface area contributed by atoms with E-state index >= 15 is 0 Å². The summed E-state index contributed by atoms with van der Waals surface area (Å²) in [6.07, 6.45) is 6.18. The number of rotatable bonds is 11. The van der Waals surface area contributed by atoms with Crippen LogP contribution in [0.25, 0.3) is 0 Å². The maximum Gasteiger partial charge on any atom is 0.243 e. The van der Waals surface area contributed by atoms with Gasteiger partial charge in [-0.15, -0.1) is 11.8 Å². The number of nitrogens with zero attached hydrogens (tertiary/aromatic N) is 1. The number of nitrogens with one attached hydrogen (secondary N) is 1. The molecule has 1 atom stereocenters. The zero-order valence-electron chi connectivity index (χ0n) is 20.7. The second kappa shape index (κ2) is 13.4. The standard InChI is InChI=1S/C28H38N2O3S/c1-4-26(28(32)29-24-10-6-5-7-11-24)30(18-23-9-8-12-25(17-23)33-3)27(31)20-34-19-22-15-13-21(2)14-16-22/h8-9,12-17,24,26H,4-7,10-11,18-20H2,1-3H3,(H,29,32)/t26-/m1/s1. The fraction of sp³-hybridized carbons (Fsp3) is 0.500. The lowest BCUT2D eigenvalue weighted by Gasteiger charge is -2.32. The maximum atomic E-state index is 13.4. The minimum absolute atomic E-state index is 0.00873. The molecule has 0 spiro atoms. The van der Waals surface area contributed by atoms with E-state index < -0.39 is 6.04 Å². The second-order valence-electron chi connectivity index (χ2n) is 9.12. The molecule has 2 aromatic rings. The van der Waals surface area contributed by atoms with Crippen molar-refractivity contribution in [3.05, 3.63) is 65.2 Å². The molecule has 2 aromatic carbocycles. The zero-order valence-corrected chi connectivity index (χ0v) is 21.5. The van der Waals surface area contributed by atoms with Crippen LogP contribution in [0.4, 0.5) is 0 Å². The highest BCUT2D eigenvalue weighted by atomic mass is 32.2. The van der Waals surface area contributed by atoms with Crippen molar-refractivity contribution in [2.45, 2.75) is 76.8 Å². The van der Waals surface area contributed by atoms with E-state index in [4.69, 9.17) is 4.74 Å². The molecule has 1 aliphatic rings. The van der Waals surface area contributed by atoms with E-state index in [0.29, 0.717) is 18.7 Å². The van der Waals surface area contributed by atoms with Crippen molar-refractivity contribution in [3.63, 3.8) is 0 Å². The van der Waals surface area contributed by atoms with E-state index in [1.165, 1.54) is 17.5 Å². The van der Waals surface area contributed by atoms with Crippen LogP contribution in [-0.2, 0) is 21.9 Å². The average molecular weight is 483 g/mol. The molecule has 5 nitrogen and oxygen atoms in total. The lowest BCUT2D eigenvalue weighted by Crippen LogP contribution is -2.52. The number of carbonyl (C=O) groups is 2. The van der Waals surface area contributed by atoms with Crippen molar-refractivity contribution < 1.29 is 14.3 Å². The third kappa shape index (κ3) is 7.79. The fourth-order valence-electron chi connectivity index (χ4n) is 4.45. The lowest BCUT2D eigenvalue weighted by atomic mass is 9.95. The van der Waals surface area contributed by atoms with Crippen LogP contribution >= 0.6 is 11.8 Å². The van der Waals surface area contributed by atoms with Crippen molar-refractivity contribution in [3.8, 4) is 5.75 Å². The Balaban J connectivity index is 1.71. The van der Waals surface area contributed by atoms with Crippen LogP contribution in [0.1, 0.15) is 62.1 Å². The molecule has 0 heterocycles. The highest BCUT2D eigenvalue weighted by molar-refractivity contribution is 7.99. The molecule has 0 unspecified atom stereocenters. The molecule has 6 heteroatoms. The first-order valence-corrected chi connectivity index (χ1v) is 13.5. The van der Waals surface area contributed by atoms with Crippen LogP contribution in [0.3, 0.4) is 0 Å². The summed E-state index contributed by atoms with van der Waals surface area (Å²) >= 11 is 1.59. The predicted octanol–water partition coefficient (Wildman–Crippen LogP) is 5.49. The number of amides is 2. The van der Waals surface area contributed by atoms with Gasteiger partial charge in [-0.05, 0) is 49.4 Å². The van der Waals surface area contributed by atoms with E-state index in [1.54, 1.807) is 23.8 Å². The van der Waals surface area contributed by atoms with Crippen molar-refractivity contribution in [2.75, 3.05) is 12.9 Å². The van der Waals surface area contributed by atoms with Gasteiger partial charge in [0, 0.05) is 18.3 Å². The Morgan fingerprint density at radius 2 is 1.82 bits per heavy atom. The Bertz CT molecular complexity index is 926. The molecule has 0 bridgehead atoms. The number of thioether (sulfide) groups is 1. The smallest absolute Gasteiger partial charge is 0.243 e. The number of methoxy groups -OCH3 is 1. The molecule has 0 saturated heterocycles. The number of carbonyl (C=O) groups excluding carboxylic acids is 2. The highest BCUT2D eigenvalue weighted by Gasteiger charge is 2.30. The first kappa shape index (κ1) is 26.1. The summed E-state index contributed by atoms with van der Waals surface area (Å²) in [7, 11) is 1.64. The van der Waals surface area contributed by atoms with Gasteiger partial charge in [0.05, 0.1) is 12.9 Å². The third-order valence-electron chi connectivity index (χ3n) is 6.44. The number of hydrogen-bond acceptors (Lipinski definition) is 4. The van der Waals surface area contributed by atoms with E-state index in [2.05, 4.69) is 36.5 Å². The molecule has 184 valence electrons. The quantitative estimate of drug-likeness (QED) is 0.460. The van der Waals surface area contributed by atoms with Gasteiger partial charge in [0.1, 0.15) is 11.8 Å². The summed E-state index contributed by atoms with van der Waals surface area (Å²) in [5, 5.41) is 3.24. The van der Waals surface area contributed by atoms with Gasteiger partial charge >= 0.3 is 0 Å². The van der Waals surface area contributed by atoms with Crippen molar-refractivity contribution >= 4 is 23.6 Å². The zero-order chi connectivity index (χ0) is 24.3. The molecule has 34 heavy (non-hydrogen) atoms. The van der Waals surface area contributed by atoms with Crippen molar-refractivity contribution in [1.29, 1.82) is 0 Å². The molecule has 0 radical (unpaired) electrons. The third-order valence-corrected chi connectivity index (χ3v) is 7.43. The van der Waals surface area contributed by atoms with Crippen molar-refractivity contribution in [1.82, 2.24) is 10.2 Å². The first-order chi connectivity index (χ1) is 16.5. The molecule has 1 fully saturated rings. The van der Waals surface area contributed by atoms with Crippen molar-refractivity contribution in [2.24, 2.45) is 0 Å². The topological polar surface area (TPSA) is 58.6 Å². The lowest BCUT2D eigenvalue weighted by molar-refractivity contribution is -0.139. The Kier molecular flexibility index (Phi) is 10.3. The van der Waals surface area contributed by atoms with Crippen LogP contribution < -0.4 is 10.1 Å². The SMILES string of the molecule is CC[C@H](C(=O)NC1CCCCC1)N(Cc1cccc(OC)c1)C(=O)CSCc1ccc(C)cc1. The highest BCUT2D eigenvalue weighted by Crippen LogP contribution is 2.21. The van der Waals surface area contributed by atoms with Crippen LogP contribution in [-0.4, -0.2) is 41.7 Å². The Morgan fingerprint density at radius 1 is 1.09 bits per heavy atom. The molecular formula is C28H38N2O3S. The van der Waals surface area contributed by atoms with Gasteiger partial charge in [-0.2, -0.15) is 0 Å². The van der Waals surface area contributed by atoms with E-state index in [0.717, 1.165) is 42.7 Å². The van der Waals surface area contributed by atoms with Crippen LogP contribution in [0, 0.1) is 6.92 Å². The number of aryl methyl sites for hydroxylation is 1. The van der Waals surface area contributed by atoms with E-state index in [1.807, 2.05) is 31.2 Å². The number of benzene rings is 2. The van der Waals surface area contributed by atoms with Gasteiger partial charge in [-0.3, -0.25) is 9.59 Å². The molecule has 3 rings (SSSR count). The van der Waals surface area contributed by atoms with Gasteiger partial charge in [0.2, 0.25) is 11.8 Å². The van der Waals surface area contributed by atoms with Crippen LogP contribution in [0.2, 0.25) is 0 Å². The molecule has 0 aliphatic heterocycles. The summed E-state index contributed by atoms with van der Waals surface area (Å²) in [6.45, 7) is 4.44. The van der Waals surface area contributed by atoms with Gasteiger partial charge in [-0.1, -0.05) is 68.1 Å². The van der Waals surface area contributed by atoms with E-state index in [-0.39, 0.29) is 17.9 Å². The molecule has 1 saturated carbocycles. The molecule has 2 amide bonds. The minimum Gasteiger partial charge on any atom is -0.497 e. The van der Waals surface area contributed by atoms with Gasteiger partial charge in [-0.25, -0.2) is 0 Å². The minimum atomic E-state index is -0.486. The monoisotopic (exact) mass is 482 g/mol. The first-order valence-electron chi connectivity index (χ1n) is 12.4. The molecule has 0 aromatic heterocycles. The summed E-state index contributed by atoms with van der Waals surface area (Å²) < 4.78 is 5.37. The number of hydrogen-bond donors (Lipinski definition) is 1. The fourth-order valence-corrected chi connectivity index (χ4v) is 5.33. The van der Waals surface area contributed by atoms with Gasteiger partial charge in [0.25, 0.3) is 0 Å². The Morgan fingerprint density at radius 3 is 2.50 bits per heavy atom. The second-order valence-corrected chi connectivity index (χ2v) is 10.1.